The quantitative estimate of drug-likeness (QED) is 0.293. The van der Waals surface area contributed by atoms with Gasteiger partial charge in [0.25, 0.3) is 11.8 Å². The molecule has 2 amide bonds. The number of halogens is 1. The molecule has 0 aliphatic carbocycles. The minimum Gasteiger partial charge on any atom is -0.493 e. The first-order chi connectivity index (χ1) is 13.3. The second-order valence-corrected chi connectivity index (χ2v) is 7.85. The lowest BCUT2D eigenvalue weighted by molar-refractivity contribution is -0.122. The summed E-state index contributed by atoms with van der Waals surface area (Å²) in [6.07, 6.45) is 1.58. The van der Waals surface area contributed by atoms with Crippen LogP contribution in [0.1, 0.15) is 23.6 Å². The Hall–Kier alpha value is -2.26. The van der Waals surface area contributed by atoms with Crippen LogP contribution in [0.4, 0.5) is 5.69 Å². The summed E-state index contributed by atoms with van der Waals surface area (Å²) in [6, 6.07) is 11.2. The van der Waals surface area contributed by atoms with Crippen molar-refractivity contribution in [1.29, 1.82) is 0 Å². The van der Waals surface area contributed by atoms with Crippen LogP contribution < -0.4 is 15.0 Å². The molecule has 5 nitrogen and oxygen atoms in total. The highest BCUT2D eigenvalue weighted by atomic mass is 127. The number of ether oxygens (including phenoxy) is 1. The monoisotopic (exact) mass is 506 g/mol. The van der Waals surface area contributed by atoms with Crippen LogP contribution in [0.5, 0.6) is 5.75 Å². The van der Waals surface area contributed by atoms with Gasteiger partial charge in [-0.05, 0) is 96.5 Å². The van der Waals surface area contributed by atoms with Gasteiger partial charge in [0, 0.05) is 0 Å². The molecule has 7 heteroatoms. The molecule has 0 spiro atoms. The zero-order chi connectivity index (χ0) is 20.4. The van der Waals surface area contributed by atoms with E-state index in [0.29, 0.717) is 12.3 Å². The molecule has 0 aromatic heterocycles. The van der Waals surface area contributed by atoms with E-state index in [1.165, 1.54) is 4.90 Å². The van der Waals surface area contributed by atoms with E-state index in [0.717, 1.165) is 26.0 Å². The number of aryl methyl sites for hydroxylation is 1. The predicted molar refractivity (Wildman–Crippen MR) is 122 cm³/mol. The van der Waals surface area contributed by atoms with Crippen molar-refractivity contribution in [3.05, 3.63) is 62.2 Å². The molecule has 0 radical (unpaired) electrons. The van der Waals surface area contributed by atoms with Gasteiger partial charge in [-0.1, -0.05) is 18.2 Å². The third-order valence-electron chi connectivity index (χ3n) is 4.49. The van der Waals surface area contributed by atoms with E-state index in [1.807, 2.05) is 57.2 Å². The molecule has 0 atom stereocenters. The van der Waals surface area contributed by atoms with E-state index < -0.39 is 11.8 Å². The minimum atomic E-state index is -0.500. The molecule has 1 fully saturated rings. The summed E-state index contributed by atoms with van der Waals surface area (Å²) >= 11 is 7.45. The summed E-state index contributed by atoms with van der Waals surface area (Å²) in [5, 5.41) is 2.71. The third kappa shape index (κ3) is 3.95. The van der Waals surface area contributed by atoms with E-state index >= 15 is 0 Å². The van der Waals surface area contributed by atoms with Crippen molar-refractivity contribution < 1.29 is 14.3 Å². The summed E-state index contributed by atoms with van der Waals surface area (Å²) in [7, 11) is 0. The van der Waals surface area contributed by atoms with Gasteiger partial charge in [-0.15, -0.1) is 0 Å². The highest BCUT2D eigenvalue weighted by molar-refractivity contribution is 14.1. The van der Waals surface area contributed by atoms with Crippen LogP contribution in [0, 0.1) is 17.4 Å². The summed E-state index contributed by atoms with van der Waals surface area (Å²) in [5.74, 6) is -0.172. The van der Waals surface area contributed by atoms with Crippen molar-refractivity contribution in [3.63, 3.8) is 0 Å². The summed E-state index contributed by atoms with van der Waals surface area (Å²) in [6.45, 7) is 6.38. The second kappa shape index (κ2) is 8.40. The molecule has 144 valence electrons. The maximum atomic E-state index is 13.2. The first-order valence-corrected chi connectivity index (χ1v) is 10.2. The number of hydrogen-bond donors (Lipinski definition) is 1. The summed E-state index contributed by atoms with van der Waals surface area (Å²) in [5.41, 5.74) is 3.41. The van der Waals surface area contributed by atoms with Gasteiger partial charge in [0.2, 0.25) is 0 Å². The average molecular weight is 506 g/mol. The molecule has 0 unspecified atom stereocenters. The van der Waals surface area contributed by atoms with Crippen molar-refractivity contribution in [3.8, 4) is 5.75 Å². The second-order valence-electron chi connectivity index (χ2n) is 6.30. The fourth-order valence-electron chi connectivity index (χ4n) is 2.90. The number of hydrogen-bond acceptors (Lipinski definition) is 4. The Kier molecular flexibility index (Phi) is 6.14. The van der Waals surface area contributed by atoms with Crippen molar-refractivity contribution in [2.45, 2.75) is 20.8 Å². The van der Waals surface area contributed by atoms with Gasteiger partial charge in [-0.2, -0.15) is 0 Å². The van der Waals surface area contributed by atoms with E-state index in [2.05, 4.69) is 27.9 Å². The van der Waals surface area contributed by atoms with Crippen molar-refractivity contribution >= 4 is 63.5 Å². The third-order valence-corrected chi connectivity index (χ3v) is 5.61. The Morgan fingerprint density at radius 2 is 1.96 bits per heavy atom. The van der Waals surface area contributed by atoms with Crippen LogP contribution in [0.3, 0.4) is 0 Å². The van der Waals surface area contributed by atoms with Crippen molar-refractivity contribution in [2.75, 3.05) is 11.5 Å². The number of benzene rings is 2. The number of carbonyl (C=O) groups excluding carboxylic acids is 2. The van der Waals surface area contributed by atoms with Gasteiger partial charge in [0.05, 0.1) is 15.9 Å². The van der Waals surface area contributed by atoms with Gasteiger partial charge in [-0.25, -0.2) is 0 Å². The van der Waals surface area contributed by atoms with Gasteiger partial charge < -0.3 is 4.74 Å². The number of anilines is 1. The molecule has 1 N–H and O–H groups in total. The molecular formula is C21H19IN2O3S. The van der Waals surface area contributed by atoms with Gasteiger partial charge in [0.1, 0.15) is 11.3 Å². The lowest BCUT2D eigenvalue weighted by Gasteiger charge is -2.30. The molecule has 0 bridgehead atoms. The Labute approximate surface area is 182 Å². The standard InChI is InChI=1S/C21H19IN2O3S/c1-4-27-18-9-8-14(11-16(18)22)10-15-19(25)23-21(28)24(20(15)26)17-7-5-6-12(2)13(17)3/h5-11H,4H2,1-3H3,(H,23,25,28)/b15-10+. The highest BCUT2D eigenvalue weighted by Gasteiger charge is 2.35. The number of nitrogens with zero attached hydrogens (tertiary/aromatic N) is 1. The predicted octanol–water partition coefficient (Wildman–Crippen LogP) is 4.14. The maximum absolute atomic E-state index is 13.2. The Balaban J connectivity index is 2.01. The van der Waals surface area contributed by atoms with Crippen LogP contribution in [-0.2, 0) is 9.59 Å². The Morgan fingerprint density at radius 3 is 2.64 bits per heavy atom. The first kappa shape index (κ1) is 20.5. The molecule has 28 heavy (non-hydrogen) atoms. The SMILES string of the molecule is CCOc1ccc(/C=C2\C(=O)NC(=S)N(c3cccc(C)c3C)C2=O)cc1I. The zero-order valence-electron chi connectivity index (χ0n) is 15.7. The number of thiocarbonyl (C=S) groups is 1. The molecule has 3 rings (SSSR count). The maximum Gasteiger partial charge on any atom is 0.270 e. The number of nitrogens with one attached hydrogen (secondary N) is 1. The lowest BCUT2D eigenvalue weighted by Crippen LogP contribution is -2.54. The summed E-state index contributed by atoms with van der Waals surface area (Å²) in [4.78, 5) is 27.0. The van der Waals surface area contributed by atoms with E-state index in [1.54, 1.807) is 6.08 Å². The van der Waals surface area contributed by atoms with Gasteiger partial charge in [-0.3, -0.25) is 19.8 Å². The molecule has 1 aliphatic rings. The molecule has 0 saturated carbocycles. The van der Waals surface area contributed by atoms with Crippen LogP contribution in [0.2, 0.25) is 0 Å². The van der Waals surface area contributed by atoms with Crippen molar-refractivity contribution in [2.24, 2.45) is 0 Å². The fourth-order valence-corrected chi connectivity index (χ4v) is 3.87. The van der Waals surface area contributed by atoms with E-state index in [9.17, 15) is 9.59 Å². The van der Waals surface area contributed by atoms with Crippen LogP contribution in [0.25, 0.3) is 6.08 Å². The molecule has 2 aromatic rings. The van der Waals surface area contributed by atoms with Crippen molar-refractivity contribution in [1.82, 2.24) is 5.32 Å². The largest absolute Gasteiger partial charge is 0.493 e. The Morgan fingerprint density at radius 1 is 1.21 bits per heavy atom. The Bertz CT molecular complexity index is 1020. The molecule has 1 aliphatic heterocycles. The molecule has 2 aromatic carbocycles. The van der Waals surface area contributed by atoms with E-state index in [4.69, 9.17) is 17.0 Å². The number of rotatable bonds is 4. The topological polar surface area (TPSA) is 58.6 Å². The number of amides is 2. The van der Waals surface area contributed by atoms with Gasteiger partial charge in [0.15, 0.2) is 5.11 Å². The first-order valence-electron chi connectivity index (χ1n) is 8.73. The highest BCUT2D eigenvalue weighted by Crippen LogP contribution is 2.28. The molecular weight excluding hydrogens is 487 g/mol. The van der Waals surface area contributed by atoms with Crippen LogP contribution in [-0.4, -0.2) is 23.5 Å². The fraction of sp³-hybridized carbons (Fsp3) is 0.190. The molecule has 1 saturated heterocycles. The van der Waals surface area contributed by atoms with Crippen LogP contribution >= 0.6 is 34.8 Å². The lowest BCUT2D eigenvalue weighted by atomic mass is 10.0. The average Bonchev–Trinajstić information content (AvgIpc) is 2.64. The normalized spacial score (nSPS) is 15.8. The smallest absolute Gasteiger partial charge is 0.270 e. The van der Waals surface area contributed by atoms with Gasteiger partial charge >= 0.3 is 0 Å². The zero-order valence-corrected chi connectivity index (χ0v) is 18.7. The molecule has 1 heterocycles. The number of carbonyl (C=O) groups is 2. The van der Waals surface area contributed by atoms with Crippen LogP contribution in [0.15, 0.2) is 42.0 Å². The summed E-state index contributed by atoms with van der Waals surface area (Å²) < 4.78 is 6.44. The van der Waals surface area contributed by atoms with E-state index in [-0.39, 0.29) is 10.7 Å². The minimum absolute atomic E-state index is 0.0365.